The van der Waals surface area contributed by atoms with Crippen LogP contribution in [0.5, 0.6) is 0 Å². The van der Waals surface area contributed by atoms with Crippen LogP contribution < -0.4 is 10.0 Å². The Kier molecular flexibility index (Phi) is 8.43. The number of sulfonamides is 1. The van der Waals surface area contributed by atoms with Gasteiger partial charge in [0.1, 0.15) is 6.04 Å². The fraction of sp³-hybridized carbons (Fsp3) is 0.565. The first-order valence-electron chi connectivity index (χ1n) is 11.2. The maximum absolute atomic E-state index is 13.0. The van der Waals surface area contributed by atoms with Crippen LogP contribution in [-0.4, -0.2) is 43.3 Å². The van der Waals surface area contributed by atoms with Crippen molar-refractivity contribution in [1.82, 2.24) is 14.6 Å². The van der Waals surface area contributed by atoms with E-state index >= 15 is 0 Å². The molecule has 2 aromatic rings. The molecule has 0 aliphatic carbocycles. The highest BCUT2D eigenvalue weighted by molar-refractivity contribution is 7.89. The average Bonchev–Trinajstić information content (AvgIpc) is 3.14. The van der Waals surface area contributed by atoms with Crippen LogP contribution in [0.1, 0.15) is 51.3 Å². The van der Waals surface area contributed by atoms with Gasteiger partial charge in [0.05, 0.1) is 10.6 Å². The molecule has 0 bridgehead atoms. The molecular formula is C23H34N4O3S2. The van der Waals surface area contributed by atoms with Crippen molar-refractivity contribution in [2.75, 3.05) is 18.4 Å². The number of benzene rings is 1. The van der Waals surface area contributed by atoms with Crippen molar-refractivity contribution in [3.8, 4) is 0 Å². The third kappa shape index (κ3) is 7.10. The van der Waals surface area contributed by atoms with Gasteiger partial charge in [-0.2, -0.15) is 4.72 Å². The fourth-order valence-corrected chi connectivity index (χ4v) is 5.85. The standard InChI is InChI=1S/C23H34N4O3S2/c1-16(2)12-21(26-32(29,30)20-9-7-17(3)8-10-20)22(28)25-23-24-19(15-31-23)14-27-11-5-6-18(4)13-27/h7-10,15-16,18,21,26H,5-6,11-14H2,1-4H3,(H,24,25,28). The van der Waals surface area contributed by atoms with Gasteiger partial charge >= 0.3 is 0 Å². The van der Waals surface area contributed by atoms with E-state index in [1.165, 1.54) is 24.2 Å². The third-order valence-electron chi connectivity index (χ3n) is 5.56. The molecule has 1 fully saturated rings. The second-order valence-electron chi connectivity index (χ2n) is 9.23. The molecule has 176 valence electrons. The molecule has 1 aromatic carbocycles. The summed E-state index contributed by atoms with van der Waals surface area (Å²) in [7, 11) is -3.81. The van der Waals surface area contributed by atoms with E-state index in [0.717, 1.165) is 30.9 Å². The smallest absolute Gasteiger partial charge is 0.244 e. The number of nitrogens with zero attached hydrogens (tertiary/aromatic N) is 2. The van der Waals surface area contributed by atoms with Crippen LogP contribution in [0.3, 0.4) is 0 Å². The van der Waals surface area contributed by atoms with Crippen molar-refractivity contribution < 1.29 is 13.2 Å². The van der Waals surface area contributed by atoms with Crippen molar-refractivity contribution in [2.45, 2.75) is 64.4 Å². The molecule has 2 atom stereocenters. The molecule has 0 spiro atoms. The summed E-state index contributed by atoms with van der Waals surface area (Å²) in [4.78, 5) is 20.1. The number of thiazole rings is 1. The molecule has 1 aliphatic heterocycles. The summed E-state index contributed by atoms with van der Waals surface area (Å²) in [5.41, 5.74) is 1.90. The lowest BCUT2D eigenvalue weighted by molar-refractivity contribution is -0.118. The highest BCUT2D eigenvalue weighted by atomic mass is 32.2. The summed E-state index contributed by atoms with van der Waals surface area (Å²) in [5, 5.41) is 5.28. The van der Waals surface area contributed by atoms with Crippen molar-refractivity contribution in [3.63, 3.8) is 0 Å². The second-order valence-corrected chi connectivity index (χ2v) is 11.8. The van der Waals surface area contributed by atoms with E-state index in [2.05, 4.69) is 26.8 Å². The van der Waals surface area contributed by atoms with E-state index in [-0.39, 0.29) is 16.7 Å². The van der Waals surface area contributed by atoms with Crippen LogP contribution in [0.4, 0.5) is 5.13 Å². The average molecular weight is 479 g/mol. The zero-order chi connectivity index (χ0) is 23.3. The van der Waals surface area contributed by atoms with E-state index in [4.69, 9.17) is 0 Å². The van der Waals surface area contributed by atoms with Crippen LogP contribution >= 0.6 is 11.3 Å². The second kappa shape index (κ2) is 10.9. The van der Waals surface area contributed by atoms with Crippen LogP contribution in [0.15, 0.2) is 34.5 Å². The number of rotatable bonds is 9. The fourth-order valence-electron chi connectivity index (χ4n) is 3.94. The highest BCUT2D eigenvalue weighted by Crippen LogP contribution is 2.22. The van der Waals surface area contributed by atoms with Crippen LogP contribution in [0.25, 0.3) is 0 Å². The number of aromatic nitrogens is 1. The van der Waals surface area contributed by atoms with Gasteiger partial charge in [-0.25, -0.2) is 13.4 Å². The maximum atomic E-state index is 13.0. The monoisotopic (exact) mass is 478 g/mol. The number of hydrogen-bond donors (Lipinski definition) is 2. The van der Waals surface area contributed by atoms with Crippen LogP contribution in [0.2, 0.25) is 0 Å². The van der Waals surface area contributed by atoms with Gasteiger partial charge in [-0.05, 0) is 56.7 Å². The Morgan fingerprint density at radius 3 is 2.66 bits per heavy atom. The van der Waals surface area contributed by atoms with Crippen LogP contribution in [-0.2, 0) is 21.4 Å². The number of carbonyl (C=O) groups is 1. The quantitative estimate of drug-likeness (QED) is 0.568. The lowest BCUT2D eigenvalue weighted by atomic mass is 10.0. The van der Waals surface area contributed by atoms with Gasteiger partial charge in [0.2, 0.25) is 15.9 Å². The normalized spacial score (nSPS) is 18.6. The number of nitrogens with one attached hydrogen (secondary N) is 2. The molecule has 1 saturated heterocycles. The number of piperidine rings is 1. The minimum atomic E-state index is -3.81. The number of likely N-dealkylation sites (tertiary alicyclic amines) is 1. The Morgan fingerprint density at radius 2 is 2.00 bits per heavy atom. The molecule has 2 unspecified atom stereocenters. The molecule has 32 heavy (non-hydrogen) atoms. The summed E-state index contributed by atoms with van der Waals surface area (Å²) in [5.74, 6) is 0.446. The largest absolute Gasteiger partial charge is 0.301 e. The molecule has 0 saturated carbocycles. The van der Waals surface area contributed by atoms with Gasteiger partial charge < -0.3 is 5.32 Å². The van der Waals surface area contributed by atoms with Gasteiger partial charge in [0.25, 0.3) is 0 Å². The van der Waals surface area contributed by atoms with E-state index in [0.29, 0.717) is 17.5 Å². The molecule has 2 heterocycles. The lowest BCUT2D eigenvalue weighted by Crippen LogP contribution is -2.44. The van der Waals surface area contributed by atoms with E-state index in [1.807, 2.05) is 26.2 Å². The summed E-state index contributed by atoms with van der Waals surface area (Å²) < 4.78 is 28.3. The van der Waals surface area contributed by atoms with Crippen molar-refractivity contribution >= 4 is 32.4 Å². The Labute approximate surface area is 195 Å². The molecule has 3 rings (SSSR count). The number of amides is 1. The number of anilines is 1. The molecule has 7 nitrogen and oxygen atoms in total. The van der Waals surface area contributed by atoms with Crippen molar-refractivity contribution in [1.29, 1.82) is 0 Å². The van der Waals surface area contributed by atoms with Gasteiger partial charge in [-0.15, -0.1) is 11.3 Å². The lowest BCUT2D eigenvalue weighted by Gasteiger charge is -2.30. The van der Waals surface area contributed by atoms with Crippen molar-refractivity contribution in [3.05, 3.63) is 40.9 Å². The Bertz CT molecular complexity index is 1000. The maximum Gasteiger partial charge on any atom is 0.244 e. The number of hydrogen-bond acceptors (Lipinski definition) is 6. The van der Waals surface area contributed by atoms with Gasteiger partial charge in [-0.1, -0.05) is 38.5 Å². The van der Waals surface area contributed by atoms with E-state index in [1.54, 1.807) is 24.3 Å². The first-order valence-corrected chi connectivity index (χ1v) is 13.6. The summed E-state index contributed by atoms with van der Waals surface area (Å²) in [6.07, 6.45) is 2.86. The Hall–Kier alpha value is -1.81. The van der Waals surface area contributed by atoms with Gasteiger partial charge in [0, 0.05) is 18.5 Å². The number of aryl methyl sites for hydroxylation is 1. The van der Waals surface area contributed by atoms with Crippen LogP contribution in [0, 0.1) is 18.8 Å². The third-order valence-corrected chi connectivity index (χ3v) is 7.86. The zero-order valence-electron chi connectivity index (χ0n) is 19.3. The minimum absolute atomic E-state index is 0.138. The molecule has 2 N–H and O–H groups in total. The molecule has 9 heteroatoms. The van der Waals surface area contributed by atoms with Crippen molar-refractivity contribution in [2.24, 2.45) is 11.8 Å². The molecule has 0 radical (unpaired) electrons. The summed E-state index contributed by atoms with van der Waals surface area (Å²) in [6, 6.07) is 5.71. The van der Waals surface area contributed by atoms with E-state index in [9.17, 15) is 13.2 Å². The predicted octanol–water partition coefficient (Wildman–Crippen LogP) is 4.02. The molecule has 1 aromatic heterocycles. The molecular weight excluding hydrogens is 444 g/mol. The Morgan fingerprint density at radius 1 is 1.28 bits per heavy atom. The first kappa shape index (κ1) is 24.8. The van der Waals surface area contributed by atoms with E-state index < -0.39 is 16.1 Å². The zero-order valence-corrected chi connectivity index (χ0v) is 20.9. The minimum Gasteiger partial charge on any atom is -0.301 e. The Balaban J connectivity index is 1.66. The summed E-state index contributed by atoms with van der Waals surface area (Å²) >= 11 is 1.37. The predicted molar refractivity (Wildman–Crippen MR) is 129 cm³/mol. The van der Waals surface area contributed by atoms with Gasteiger partial charge in [-0.3, -0.25) is 9.69 Å². The topological polar surface area (TPSA) is 91.4 Å². The summed E-state index contributed by atoms with van der Waals surface area (Å²) in [6.45, 7) is 11.0. The first-order chi connectivity index (χ1) is 15.1. The SMILES string of the molecule is Cc1ccc(S(=O)(=O)NC(CC(C)C)C(=O)Nc2nc(CN3CCCC(C)C3)cs2)cc1. The molecule has 1 amide bonds. The number of carbonyl (C=O) groups excluding carboxylic acids is 1. The molecule has 1 aliphatic rings. The van der Waals surface area contributed by atoms with Gasteiger partial charge in [0.15, 0.2) is 5.13 Å². The highest BCUT2D eigenvalue weighted by Gasteiger charge is 2.27.